The van der Waals surface area contributed by atoms with Crippen molar-refractivity contribution in [3.05, 3.63) is 51.4 Å². The monoisotopic (exact) mass is 296 g/mol. The van der Waals surface area contributed by atoms with Gasteiger partial charge in [-0.15, -0.1) is 0 Å². The number of rotatable bonds is 2. The summed E-state index contributed by atoms with van der Waals surface area (Å²) in [4.78, 5) is 4.02. The fraction of sp³-hybridized carbons (Fsp3) is 0.312. The molecule has 0 spiro atoms. The third kappa shape index (κ3) is 2.43. The van der Waals surface area contributed by atoms with Crippen LogP contribution in [-0.2, 0) is 19.4 Å². The molecule has 2 aromatic heterocycles. The van der Waals surface area contributed by atoms with Gasteiger partial charge in [-0.05, 0) is 54.5 Å². The molecule has 2 heterocycles. The number of fused-ring (bicyclic) bond motifs is 1. The number of nitrogens with two attached hydrogens (primary N) is 1. The molecule has 0 amide bonds. The van der Waals surface area contributed by atoms with Crippen LogP contribution in [0.15, 0.2) is 24.5 Å². The molecule has 2 aromatic rings. The van der Waals surface area contributed by atoms with Gasteiger partial charge in [0.15, 0.2) is 0 Å². The lowest BCUT2D eigenvalue weighted by molar-refractivity contribution is 0.661. The molecule has 0 aliphatic heterocycles. The molecule has 4 nitrogen and oxygen atoms in total. The number of anilines is 1. The van der Waals surface area contributed by atoms with E-state index >= 15 is 0 Å². The minimum absolute atomic E-state index is 0.486. The highest BCUT2D eigenvalue weighted by molar-refractivity contribution is 7.71. The minimum Gasteiger partial charge on any atom is -0.384 e. The average molecular weight is 296 g/mol. The smallest absolute Gasteiger partial charge is 0.123 e. The van der Waals surface area contributed by atoms with Crippen molar-refractivity contribution < 1.29 is 0 Å². The second-order valence-corrected chi connectivity index (χ2v) is 5.67. The summed E-state index contributed by atoms with van der Waals surface area (Å²) in [7, 11) is 0. The molecular weight excluding hydrogens is 280 g/mol. The lowest BCUT2D eigenvalue weighted by Crippen LogP contribution is -2.17. The zero-order chi connectivity index (χ0) is 14.8. The van der Waals surface area contributed by atoms with Gasteiger partial charge < -0.3 is 10.3 Å². The Morgan fingerprint density at radius 1 is 1.24 bits per heavy atom. The fourth-order valence-electron chi connectivity index (χ4n) is 2.93. The maximum Gasteiger partial charge on any atom is 0.123 e. The molecule has 0 radical (unpaired) electrons. The molecule has 1 aliphatic rings. The summed E-state index contributed by atoms with van der Waals surface area (Å²) in [5.41, 5.74) is 10.1. The van der Waals surface area contributed by atoms with Crippen LogP contribution < -0.4 is 5.73 Å². The normalized spacial score (nSPS) is 13.5. The molecule has 0 saturated heterocycles. The van der Waals surface area contributed by atoms with Gasteiger partial charge in [0.2, 0.25) is 0 Å². The molecule has 0 atom stereocenters. The van der Waals surface area contributed by atoms with E-state index in [1.54, 1.807) is 12.4 Å². The Hall–Kier alpha value is -2.19. The lowest BCUT2D eigenvalue weighted by Gasteiger charge is -2.22. The van der Waals surface area contributed by atoms with Gasteiger partial charge in [-0.25, -0.2) is 0 Å². The second-order valence-electron chi connectivity index (χ2n) is 5.28. The summed E-state index contributed by atoms with van der Waals surface area (Å²) >= 11 is 5.63. The highest BCUT2D eigenvalue weighted by Gasteiger charge is 2.20. The van der Waals surface area contributed by atoms with Crippen LogP contribution >= 0.6 is 12.2 Å². The summed E-state index contributed by atoms with van der Waals surface area (Å²) in [6, 6.07) is 6.15. The first-order valence-electron chi connectivity index (χ1n) is 7.05. The van der Waals surface area contributed by atoms with Gasteiger partial charge in [0.05, 0.1) is 12.1 Å². The van der Waals surface area contributed by atoms with Crippen molar-refractivity contribution in [1.29, 1.82) is 5.26 Å². The third-order valence-electron chi connectivity index (χ3n) is 4.02. The molecule has 2 N–H and O–H groups in total. The number of hydrogen-bond acceptors (Lipinski definition) is 4. The molecule has 0 unspecified atom stereocenters. The molecule has 0 saturated carbocycles. The SMILES string of the molecule is N#Cc1c2c(c(=S)n(Cc3ccncc3)c1N)CCCC2. The maximum absolute atomic E-state index is 9.47. The summed E-state index contributed by atoms with van der Waals surface area (Å²) in [5.74, 6) is 0.486. The third-order valence-corrected chi connectivity index (χ3v) is 4.49. The van der Waals surface area contributed by atoms with Crippen LogP contribution in [0.25, 0.3) is 0 Å². The van der Waals surface area contributed by atoms with Crippen LogP contribution in [0, 0.1) is 16.0 Å². The van der Waals surface area contributed by atoms with Crippen LogP contribution in [0.2, 0.25) is 0 Å². The average Bonchev–Trinajstić information content (AvgIpc) is 2.53. The Labute approximate surface area is 128 Å². The van der Waals surface area contributed by atoms with E-state index < -0.39 is 0 Å². The maximum atomic E-state index is 9.47. The molecular formula is C16H16N4S. The highest BCUT2D eigenvalue weighted by Crippen LogP contribution is 2.29. The molecule has 21 heavy (non-hydrogen) atoms. The molecule has 3 rings (SSSR count). The van der Waals surface area contributed by atoms with Gasteiger partial charge >= 0.3 is 0 Å². The fourth-order valence-corrected chi connectivity index (χ4v) is 3.32. The van der Waals surface area contributed by atoms with Crippen molar-refractivity contribution in [2.75, 3.05) is 5.73 Å². The van der Waals surface area contributed by atoms with Gasteiger partial charge in [-0.3, -0.25) is 4.98 Å². The minimum atomic E-state index is 0.486. The Bertz CT molecular complexity index is 772. The number of hydrogen-bond donors (Lipinski definition) is 1. The summed E-state index contributed by atoms with van der Waals surface area (Å²) in [5, 5.41) is 9.47. The summed E-state index contributed by atoms with van der Waals surface area (Å²) < 4.78 is 2.66. The topological polar surface area (TPSA) is 67.6 Å². The zero-order valence-corrected chi connectivity index (χ0v) is 12.5. The molecule has 5 heteroatoms. The van der Waals surface area contributed by atoms with Crippen molar-refractivity contribution in [3.8, 4) is 6.07 Å². The van der Waals surface area contributed by atoms with Gasteiger partial charge in [-0.1, -0.05) is 12.2 Å². The van der Waals surface area contributed by atoms with E-state index in [-0.39, 0.29) is 0 Å². The van der Waals surface area contributed by atoms with Crippen molar-refractivity contribution in [1.82, 2.24) is 9.55 Å². The van der Waals surface area contributed by atoms with Gasteiger partial charge in [-0.2, -0.15) is 5.26 Å². The van der Waals surface area contributed by atoms with Crippen molar-refractivity contribution >= 4 is 18.0 Å². The first kappa shape index (κ1) is 13.8. The first-order chi connectivity index (χ1) is 10.2. The molecule has 106 valence electrons. The number of pyridine rings is 2. The number of aromatic nitrogens is 2. The Balaban J connectivity index is 2.17. The van der Waals surface area contributed by atoms with Crippen LogP contribution in [0.1, 0.15) is 35.1 Å². The predicted molar refractivity (Wildman–Crippen MR) is 84.4 cm³/mol. The molecule has 0 aromatic carbocycles. The van der Waals surface area contributed by atoms with Crippen LogP contribution in [0.3, 0.4) is 0 Å². The van der Waals surface area contributed by atoms with E-state index in [0.29, 0.717) is 17.9 Å². The molecule has 1 aliphatic carbocycles. The Kier molecular flexibility index (Phi) is 3.72. The Morgan fingerprint density at radius 3 is 2.57 bits per heavy atom. The van der Waals surface area contributed by atoms with Crippen molar-refractivity contribution in [3.63, 3.8) is 0 Å². The number of nitriles is 1. The van der Waals surface area contributed by atoms with Gasteiger partial charge in [0.25, 0.3) is 0 Å². The van der Waals surface area contributed by atoms with E-state index in [1.807, 2.05) is 16.7 Å². The summed E-state index contributed by atoms with van der Waals surface area (Å²) in [6.07, 6.45) is 7.57. The largest absolute Gasteiger partial charge is 0.384 e. The van der Waals surface area contributed by atoms with Crippen molar-refractivity contribution in [2.45, 2.75) is 32.2 Å². The second kappa shape index (κ2) is 5.66. The van der Waals surface area contributed by atoms with Crippen LogP contribution in [-0.4, -0.2) is 9.55 Å². The molecule has 0 bridgehead atoms. The Morgan fingerprint density at radius 2 is 1.90 bits per heavy atom. The van der Waals surface area contributed by atoms with E-state index in [2.05, 4.69) is 11.1 Å². The lowest BCUT2D eigenvalue weighted by atomic mass is 9.89. The zero-order valence-electron chi connectivity index (χ0n) is 11.7. The first-order valence-corrected chi connectivity index (χ1v) is 7.46. The van der Waals surface area contributed by atoms with Crippen LogP contribution in [0.4, 0.5) is 5.82 Å². The van der Waals surface area contributed by atoms with Gasteiger partial charge in [0, 0.05) is 12.4 Å². The number of nitrogen functional groups attached to an aromatic ring is 1. The van der Waals surface area contributed by atoms with Crippen molar-refractivity contribution in [2.24, 2.45) is 0 Å². The quantitative estimate of drug-likeness (QED) is 0.865. The standard InChI is InChI=1S/C16H16N4S/c17-9-14-12-3-1-2-4-13(12)16(21)20(15(14)18)10-11-5-7-19-8-6-11/h5-8H,1-4,10,18H2. The van der Waals surface area contributed by atoms with E-state index in [9.17, 15) is 5.26 Å². The van der Waals surface area contributed by atoms with Gasteiger partial charge in [0.1, 0.15) is 16.5 Å². The van der Waals surface area contributed by atoms with Crippen LogP contribution in [0.5, 0.6) is 0 Å². The highest BCUT2D eigenvalue weighted by atomic mass is 32.1. The van der Waals surface area contributed by atoms with E-state index in [4.69, 9.17) is 18.0 Å². The van der Waals surface area contributed by atoms with E-state index in [1.165, 1.54) is 0 Å². The summed E-state index contributed by atoms with van der Waals surface area (Å²) in [6.45, 7) is 0.579. The molecule has 0 fully saturated rings. The predicted octanol–water partition coefficient (Wildman–Crippen LogP) is 2.99. The number of nitrogens with zero attached hydrogens (tertiary/aromatic N) is 3. The van der Waals surface area contributed by atoms with E-state index in [0.717, 1.165) is 47.0 Å².